The number of nitrogens with zero attached hydrogens (tertiary/aromatic N) is 1. The summed E-state index contributed by atoms with van der Waals surface area (Å²) in [7, 11) is 0. The molecule has 0 saturated carbocycles. The lowest BCUT2D eigenvalue weighted by Crippen LogP contribution is -2.28. The van der Waals surface area contributed by atoms with E-state index in [1.54, 1.807) is 0 Å². The van der Waals surface area contributed by atoms with Crippen molar-refractivity contribution in [2.45, 2.75) is 18.8 Å². The van der Waals surface area contributed by atoms with Gasteiger partial charge in [0.2, 0.25) is 0 Å². The Balaban J connectivity index is 1.37. The number of aromatic amines is 1. The molecule has 33 heavy (non-hydrogen) atoms. The summed E-state index contributed by atoms with van der Waals surface area (Å²) in [5.74, 6) is 0. The van der Waals surface area contributed by atoms with Gasteiger partial charge in [-0.1, -0.05) is 72.8 Å². The number of H-pyrrole nitrogens is 1. The monoisotopic (exact) mass is 424 g/mol. The fourth-order valence-corrected chi connectivity index (χ4v) is 5.82. The van der Waals surface area contributed by atoms with Crippen molar-refractivity contribution in [1.82, 2.24) is 4.98 Å². The summed E-state index contributed by atoms with van der Waals surface area (Å²) in [4.78, 5) is 6.04. The highest BCUT2D eigenvalue weighted by molar-refractivity contribution is 6.07. The summed E-state index contributed by atoms with van der Waals surface area (Å²) in [5.41, 5.74) is 10.3. The predicted molar refractivity (Wildman–Crippen MR) is 139 cm³/mol. The van der Waals surface area contributed by atoms with Gasteiger partial charge in [-0.15, -0.1) is 0 Å². The van der Waals surface area contributed by atoms with Gasteiger partial charge in [-0.25, -0.2) is 0 Å². The number of para-hydroxylation sites is 3. The van der Waals surface area contributed by atoms with Gasteiger partial charge in [0.05, 0.1) is 0 Å². The normalized spacial score (nSPS) is 19.4. The molecule has 0 spiro atoms. The third kappa shape index (κ3) is 2.61. The maximum atomic E-state index is 3.61. The van der Waals surface area contributed by atoms with E-state index in [1.807, 2.05) is 0 Å². The quantitative estimate of drug-likeness (QED) is 0.303. The first-order valence-corrected chi connectivity index (χ1v) is 11.6. The molecular formula is C31H24N2. The minimum atomic E-state index is -0.0636. The second-order valence-electron chi connectivity index (χ2n) is 9.37. The van der Waals surface area contributed by atoms with Crippen LogP contribution in [-0.2, 0) is 5.41 Å². The molecule has 2 heteroatoms. The van der Waals surface area contributed by atoms with Gasteiger partial charge in [0.25, 0.3) is 0 Å². The van der Waals surface area contributed by atoms with E-state index in [0.717, 1.165) is 6.42 Å². The molecule has 158 valence electrons. The number of benzene rings is 4. The largest absolute Gasteiger partial charge is 0.354 e. The lowest BCUT2D eigenvalue weighted by atomic mass is 9.72. The number of hydrogen-bond donors (Lipinski definition) is 1. The average Bonchev–Trinajstić information content (AvgIpc) is 3.36. The second kappa shape index (κ2) is 6.73. The molecule has 1 unspecified atom stereocenters. The summed E-state index contributed by atoms with van der Waals surface area (Å²) < 4.78 is 0. The molecule has 0 amide bonds. The zero-order chi connectivity index (χ0) is 22.0. The van der Waals surface area contributed by atoms with Crippen molar-refractivity contribution in [3.05, 3.63) is 126 Å². The van der Waals surface area contributed by atoms with E-state index in [-0.39, 0.29) is 5.41 Å². The predicted octanol–water partition coefficient (Wildman–Crippen LogP) is 8.10. The number of hydrogen-bond acceptors (Lipinski definition) is 1. The first kappa shape index (κ1) is 18.5. The first-order valence-electron chi connectivity index (χ1n) is 11.6. The van der Waals surface area contributed by atoms with Crippen molar-refractivity contribution in [2.24, 2.45) is 0 Å². The third-order valence-corrected chi connectivity index (χ3v) is 7.42. The highest BCUT2D eigenvalue weighted by atomic mass is 15.2. The fourth-order valence-electron chi connectivity index (χ4n) is 5.82. The fraction of sp³-hybridized carbons (Fsp3) is 0.0968. The lowest BCUT2D eigenvalue weighted by molar-refractivity contribution is 0.586. The molecule has 1 atom stereocenters. The molecule has 2 aliphatic rings. The zero-order valence-corrected chi connectivity index (χ0v) is 18.5. The van der Waals surface area contributed by atoms with Crippen LogP contribution in [0, 0.1) is 0 Å². The van der Waals surface area contributed by atoms with Crippen LogP contribution in [0.4, 0.5) is 11.4 Å². The smallest absolute Gasteiger partial charge is 0.0500 e. The van der Waals surface area contributed by atoms with Crippen molar-refractivity contribution >= 4 is 38.8 Å². The number of rotatable bonds is 2. The van der Waals surface area contributed by atoms with Crippen molar-refractivity contribution in [2.75, 3.05) is 4.90 Å². The van der Waals surface area contributed by atoms with E-state index in [0.29, 0.717) is 0 Å². The van der Waals surface area contributed by atoms with Crippen molar-refractivity contribution in [3.63, 3.8) is 0 Å². The molecule has 5 aromatic rings. The van der Waals surface area contributed by atoms with Gasteiger partial charge >= 0.3 is 0 Å². The lowest BCUT2D eigenvalue weighted by Gasteiger charge is -2.34. The van der Waals surface area contributed by atoms with Gasteiger partial charge < -0.3 is 9.88 Å². The average molecular weight is 425 g/mol. The van der Waals surface area contributed by atoms with Crippen LogP contribution in [0.2, 0.25) is 0 Å². The van der Waals surface area contributed by atoms with Crippen LogP contribution < -0.4 is 4.90 Å². The van der Waals surface area contributed by atoms with E-state index in [4.69, 9.17) is 0 Å². The Morgan fingerprint density at radius 3 is 2.39 bits per heavy atom. The highest BCUT2D eigenvalue weighted by Gasteiger charge is 2.45. The molecule has 0 radical (unpaired) electrons. The number of aromatic nitrogens is 1. The van der Waals surface area contributed by atoms with E-state index in [1.165, 1.54) is 55.6 Å². The Bertz CT molecular complexity index is 1600. The number of allylic oxidation sites excluding steroid dienone is 4. The number of anilines is 2. The van der Waals surface area contributed by atoms with Crippen LogP contribution in [-0.4, -0.2) is 4.98 Å². The van der Waals surface area contributed by atoms with E-state index in [9.17, 15) is 0 Å². The first-order chi connectivity index (χ1) is 16.2. The molecule has 0 saturated heterocycles. The maximum absolute atomic E-state index is 3.61. The van der Waals surface area contributed by atoms with Crippen LogP contribution in [0.1, 0.15) is 24.5 Å². The molecule has 1 aliphatic carbocycles. The van der Waals surface area contributed by atoms with Crippen LogP contribution in [0.25, 0.3) is 27.4 Å². The Hall–Kier alpha value is -4.04. The Kier molecular flexibility index (Phi) is 3.78. The van der Waals surface area contributed by atoms with Crippen LogP contribution in [0.5, 0.6) is 0 Å². The SMILES string of the molecule is CC12CC(c3ccc4c(c3)[nH]c3ccccc34)=CC=C1N(c1ccccc1)c1ccccc12. The van der Waals surface area contributed by atoms with Crippen molar-refractivity contribution < 1.29 is 0 Å². The summed E-state index contributed by atoms with van der Waals surface area (Å²) >= 11 is 0. The van der Waals surface area contributed by atoms with Gasteiger partial charge in [0.15, 0.2) is 0 Å². The number of fused-ring (bicyclic) bond motifs is 6. The summed E-state index contributed by atoms with van der Waals surface area (Å²) in [6.45, 7) is 2.40. The second-order valence-corrected chi connectivity index (χ2v) is 9.37. The molecule has 0 bridgehead atoms. The standard InChI is InChI=1S/C31H24N2/c1-31-20-22(21-15-17-25-24-11-5-7-13-27(24)32-28(25)19-21)16-18-30(31)33(23-9-3-2-4-10-23)29-14-8-6-12-26(29)31/h2-19,32H,20H2,1H3. The molecule has 1 N–H and O–H groups in total. The van der Waals surface area contributed by atoms with E-state index in [2.05, 4.69) is 126 Å². The molecule has 0 fully saturated rings. The highest BCUT2D eigenvalue weighted by Crippen LogP contribution is 2.56. The summed E-state index contributed by atoms with van der Waals surface area (Å²) in [6.07, 6.45) is 5.63. The van der Waals surface area contributed by atoms with Crippen LogP contribution in [0.3, 0.4) is 0 Å². The Morgan fingerprint density at radius 2 is 1.48 bits per heavy atom. The van der Waals surface area contributed by atoms with Gasteiger partial charge in [-0.3, -0.25) is 0 Å². The van der Waals surface area contributed by atoms with Gasteiger partial charge in [-0.2, -0.15) is 0 Å². The van der Waals surface area contributed by atoms with Crippen molar-refractivity contribution in [3.8, 4) is 0 Å². The van der Waals surface area contributed by atoms with Gasteiger partial charge in [0, 0.05) is 44.3 Å². The zero-order valence-electron chi connectivity index (χ0n) is 18.5. The summed E-state index contributed by atoms with van der Waals surface area (Å²) in [5, 5.41) is 2.57. The molecule has 2 nitrogen and oxygen atoms in total. The molecular weight excluding hydrogens is 400 g/mol. The van der Waals surface area contributed by atoms with E-state index < -0.39 is 0 Å². The summed E-state index contributed by atoms with van der Waals surface area (Å²) in [6, 6.07) is 35.0. The third-order valence-electron chi connectivity index (χ3n) is 7.42. The molecule has 1 aliphatic heterocycles. The molecule has 2 heterocycles. The van der Waals surface area contributed by atoms with Gasteiger partial charge in [-0.05, 0) is 66.5 Å². The van der Waals surface area contributed by atoms with Gasteiger partial charge in [0.1, 0.15) is 0 Å². The van der Waals surface area contributed by atoms with E-state index >= 15 is 0 Å². The minimum Gasteiger partial charge on any atom is -0.354 e. The molecule has 4 aromatic carbocycles. The number of nitrogens with one attached hydrogen (secondary N) is 1. The molecule has 7 rings (SSSR count). The van der Waals surface area contributed by atoms with Crippen LogP contribution >= 0.6 is 0 Å². The van der Waals surface area contributed by atoms with Crippen LogP contribution in [0.15, 0.2) is 115 Å². The minimum absolute atomic E-state index is 0.0636. The topological polar surface area (TPSA) is 19.0 Å². The molecule has 1 aromatic heterocycles. The van der Waals surface area contributed by atoms with Crippen molar-refractivity contribution in [1.29, 1.82) is 0 Å². The Labute approximate surface area is 193 Å². The Morgan fingerprint density at radius 1 is 0.727 bits per heavy atom. The maximum Gasteiger partial charge on any atom is 0.0500 e.